The van der Waals surface area contributed by atoms with Gasteiger partial charge in [0.05, 0.1) is 6.10 Å². The molecule has 1 rings (SSSR count). The topological polar surface area (TPSA) is 47.6 Å². The van der Waals surface area contributed by atoms with E-state index < -0.39 is 0 Å². The number of likely N-dealkylation sites (N-methyl/N-ethyl adjacent to an activating group) is 1. The average Bonchev–Trinajstić information content (AvgIpc) is 2.31. The van der Waals surface area contributed by atoms with E-state index in [0.717, 1.165) is 32.1 Å². The van der Waals surface area contributed by atoms with E-state index in [2.05, 4.69) is 5.32 Å². The minimum atomic E-state index is -0.178. The zero-order valence-corrected chi connectivity index (χ0v) is 10.5. The summed E-state index contributed by atoms with van der Waals surface area (Å²) in [4.78, 5) is 11.7. The fourth-order valence-corrected chi connectivity index (χ4v) is 2.16. The Bertz CT molecular complexity index is 216. The minimum Gasteiger partial charge on any atom is -0.461 e. The highest BCUT2D eigenvalue weighted by atomic mass is 16.5. The second-order valence-electron chi connectivity index (χ2n) is 4.33. The van der Waals surface area contributed by atoms with Gasteiger partial charge in [0.15, 0.2) is 0 Å². The van der Waals surface area contributed by atoms with Gasteiger partial charge in [-0.2, -0.15) is 0 Å². The van der Waals surface area contributed by atoms with Crippen molar-refractivity contribution < 1.29 is 14.3 Å². The van der Waals surface area contributed by atoms with Gasteiger partial charge in [0, 0.05) is 13.5 Å². The van der Waals surface area contributed by atoms with Crippen molar-refractivity contribution in [3.05, 3.63) is 0 Å². The number of carbonyl (C=O) groups is 1. The van der Waals surface area contributed by atoms with Gasteiger partial charge in [-0.3, -0.25) is 4.79 Å². The maximum atomic E-state index is 11.7. The van der Waals surface area contributed by atoms with E-state index in [4.69, 9.17) is 9.47 Å². The van der Waals surface area contributed by atoms with Crippen LogP contribution in [0, 0.1) is 0 Å². The molecule has 0 aromatic rings. The Balaban J connectivity index is 2.38. The molecule has 0 amide bonds. The molecule has 16 heavy (non-hydrogen) atoms. The van der Waals surface area contributed by atoms with Gasteiger partial charge in [-0.15, -0.1) is 0 Å². The predicted octanol–water partition coefficient (Wildman–Crippen LogP) is 1.49. The van der Waals surface area contributed by atoms with Crippen LogP contribution in [0.25, 0.3) is 0 Å². The molecule has 0 spiro atoms. The molecule has 0 aromatic carbocycles. The van der Waals surface area contributed by atoms with Crippen LogP contribution in [0.15, 0.2) is 0 Å². The molecule has 0 heterocycles. The van der Waals surface area contributed by atoms with E-state index in [1.54, 1.807) is 14.2 Å². The Morgan fingerprint density at radius 2 is 2.12 bits per heavy atom. The van der Waals surface area contributed by atoms with E-state index in [9.17, 15) is 4.79 Å². The Morgan fingerprint density at radius 1 is 1.44 bits per heavy atom. The van der Waals surface area contributed by atoms with Crippen LogP contribution in [-0.2, 0) is 14.3 Å². The highest BCUT2D eigenvalue weighted by Crippen LogP contribution is 2.23. The molecule has 4 heteroatoms. The molecule has 1 aliphatic carbocycles. The van der Waals surface area contributed by atoms with Crippen molar-refractivity contribution in [2.45, 2.75) is 57.3 Å². The van der Waals surface area contributed by atoms with Crippen LogP contribution in [0.3, 0.4) is 0 Å². The van der Waals surface area contributed by atoms with Gasteiger partial charge in [-0.05, 0) is 32.7 Å². The second-order valence-corrected chi connectivity index (χ2v) is 4.33. The molecule has 4 nitrogen and oxygen atoms in total. The molecular formula is C12H23NO3. The van der Waals surface area contributed by atoms with Crippen LogP contribution in [0.5, 0.6) is 0 Å². The third-order valence-corrected chi connectivity index (χ3v) is 3.24. The first kappa shape index (κ1) is 13.5. The lowest BCUT2D eigenvalue weighted by Gasteiger charge is -2.29. The van der Waals surface area contributed by atoms with Crippen molar-refractivity contribution in [2.75, 3.05) is 14.2 Å². The molecule has 0 saturated heterocycles. The molecule has 0 aliphatic heterocycles. The van der Waals surface area contributed by atoms with Gasteiger partial charge in [-0.25, -0.2) is 0 Å². The zero-order chi connectivity index (χ0) is 12.0. The van der Waals surface area contributed by atoms with Crippen LogP contribution in [0.2, 0.25) is 0 Å². The van der Waals surface area contributed by atoms with Crippen molar-refractivity contribution in [3.8, 4) is 0 Å². The summed E-state index contributed by atoms with van der Waals surface area (Å²) in [5, 5.41) is 2.96. The number of hydrogen-bond acceptors (Lipinski definition) is 4. The number of carbonyl (C=O) groups excluding carboxylic acids is 1. The molecular weight excluding hydrogens is 206 g/mol. The maximum Gasteiger partial charge on any atom is 0.323 e. The van der Waals surface area contributed by atoms with Crippen molar-refractivity contribution in [2.24, 2.45) is 0 Å². The molecule has 1 N–H and O–H groups in total. The normalized spacial score (nSPS) is 27.4. The van der Waals surface area contributed by atoms with Gasteiger partial charge < -0.3 is 14.8 Å². The lowest BCUT2D eigenvalue weighted by atomic mass is 9.95. The number of hydrogen-bond donors (Lipinski definition) is 1. The van der Waals surface area contributed by atoms with E-state index in [0.29, 0.717) is 0 Å². The molecule has 3 unspecified atom stereocenters. The average molecular weight is 229 g/mol. The third kappa shape index (κ3) is 3.76. The number of nitrogens with one attached hydrogen (secondary N) is 1. The SMILES string of the molecule is CCC(NC)C(=O)OC1CCCC(OC)C1. The molecule has 1 saturated carbocycles. The van der Waals surface area contributed by atoms with Crippen LogP contribution < -0.4 is 5.32 Å². The minimum absolute atomic E-state index is 0.0357. The summed E-state index contributed by atoms with van der Waals surface area (Å²) in [5.41, 5.74) is 0. The summed E-state index contributed by atoms with van der Waals surface area (Å²) in [7, 11) is 3.51. The number of methoxy groups -OCH3 is 1. The van der Waals surface area contributed by atoms with E-state index in [1.807, 2.05) is 6.92 Å². The first-order valence-corrected chi connectivity index (χ1v) is 6.11. The Labute approximate surface area is 97.7 Å². The molecule has 94 valence electrons. The number of esters is 1. The summed E-state index contributed by atoms with van der Waals surface area (Å²) < 4.78 is 10.8. The summed E-state index contributed by atoms with van der Waals surface area (Å²) in [6.07, 6.45) is 5.00. The molecule has 3 atom stereocenters. The summed E-state index contributed by atoms with van der Waals surface area (Å²) in [6.45, 7) is 1.97. The van der Waals surface area contributed by atoms with Gasteiger partial charge in [-0.1, -0.05) is 6.92 Å². The quantitative estimate of drug-likeness (QED) is 0.725. The van der Waals surface area contributed by atoms with Crippen molar-refractivity contribution >= 4 is 5.97 Å². The van der Waals surface area contributed by atoms with Crippen LogP contribution >= 0.6 is 0 Å². The fraction of sp³-hybridized carbons (Fsp3) is 0.917. The fourth-order valence-electron chi connectivity index (χ4n) is 2.16. The summed E-state index contributed by atoms with van der Waals surface area (Å²) in [5.74, 6) is -0.133. The lowest BCUT2D eigenvalue weighted by molar-refractivity contribution is -0.155. The van der Waals surface area contributed by atoms with E-state index in [1.165, 1.54) is 0 Å². The van der Waals surface area contributed by atoms with Crippen molar-refractivity contribution in [1.82, 2.24) is 5.32 Å². The number of ether oxygens (including phenoxy) is 2. The first-order valence-electron chi connectivity index (χ1n) is 6.11. The van der Waals surface area contributed by atoms with Crippen LogP contribution in [0.1, 0.15) is 39.0 Å². The molecule has 0 bridgehead atoms. The van der Waals surface area contributed by atoms with Crippen molar-refractivity contribution in [1.29, 1.82) is 0 Å². The molecule has 0 radical (unpaired) electrons. The predicted molar refractivity (Wildman–Crippen MR) is 62.3 cm³/mol. The summed E-state index contributed by atoms with van der Waals surface area (Å²) in [6, 6.07) is -0.178. The standard InChI is InChI=1S/C12H23NO3/c1-4-11(13-2)12(14)16-10-7-5-6-9(8-10)15-3/h9-11,13H,4-8H2,1-3H3. The Kier molecular flexibility index (Phi) is 5.77. The summed E-state index contributed by atoms with van der Waals surface area (Å²) >= 11 is 0. The lowest BCUT2D eigenvalue weighted by Crippen LogP contribution is -2.39. The smallest absolute Gasteiger partial charge is 0.323 e. The first-order chi connectivity index (χ1) is 7.71. The largest absolute Gasteiger partial charge is 0.461 e. The Hall–Kier alpha value is -0.610. The van der Waals surface area contributed by atoms with E-state index in [-0.39, 0.29) is 24.2 Å². The molecule has 1 fully saturated rings. The van der Waals surface area contributed by atoms with Gasteiger partial charge in [0.1, 0.15) is 12.1 Å². The van der Waals surface area contributed by atoms with Gasteiger partial charge >= 0.3 is 5.97 Å². The maximum absolute atomic E-state index is 11.7. The second kappa shape index (κ2) is 6.86. The van der Waals surface area contributed by atoms with Crippen molar-refractivity contribution in [3.63, 3.8) is 0 Å². The van der Waals surface area contributed by atoms with Gasteiger partial charge in [0.25, 0.3) is 0 Å². The van der Waals surface area contributed by atoms with Crippen LogP contribution in [-0.4, -0.2) is 38.4 Å². The molecule has 0 aromatic heterocycles. The highest BCUT2D eigenvalue weighted by Gasteiger charge is 2.26. The number of rotatable bonds is 5. The van der Waals surface area contributed by atoms with Gasteiger partial charge in [0.2, 0.25) is 0 Å². The zero-order valence-electron chi connectivity index (χ0n) is 10.5. The Morgan fingerprint density at radius 3 is 2.69 bits per heavy atom. The third-order valence-electron chi connectivity index (χ3n) is 3.24. The van der Waals surface area contributed by atoms with E-state index >= 15 is 0 Å². The monoisotopic (exact) mass is 229 g/mol. The molecule has 1 aliphatic rings. The van der Waals surface area contributed by atoms with Crippen LogP contribution in [0.4, 0.5) is 0 Å². The highest BCUT2D eigenvalue weighted by molar-refractivity contribution is 5.75.